The monoisotopic (exact) mass is 388 g/mol. The Hall–Kier alpha value is -1.08. The predicted octanol–water partition coefficient (Wildman–Crippen LogP) is 4.43. The minimum Gasteiger partial charge on any atom is -0.359 e. The van der Waals surface area contributed by atoms with Crippen molar-refractivity contribution >= 4 is 33.2 Å². The minimum atomic E-state index is -3.80. The quantitative estimate of drug-likeness (QED) is 0.779. The normalized spacial score (nSPS) is 19.1. The van der Waals surface area contributed by atoms with Gasteiger partial charge < -0.3 is 4.52 Å². The number of halogens is 2. The molecule has 5 nitrogen and oxygen atoms in total. The van der Waals surface area contributed by atoms with Crippen molar-refractivity contribution in [3.63, 3.8) is 0 Å². The van der Waals surface area contributed by atoms with Crippen molar-refractivity contribution in [1.82, 2.24) is 9.46 Å². The third-order valence-corrected chi connectivity index (χ3v) is 7.41. The van der Waals surface area contributed by atoms with Crippen LogP contribution in [0.4, 0.5) is 0 Å². The van der Waals surface area contributed by atoms with E-state index >= 15 is 0 Å². The van der Waals surface area contributed by atoms with E-state index in [2.05, 4.69) is 5.16 Å². The van der Waals surface area contributed by atoms with Crippen LogP contribution in [0, 0.1) is 20.8 Å². The highest BCUT2D eigenvalue weighted by Crippen LogP contribution is 2.41. The third-order valence-electron chi connectivity index (χ3n) is 4.33. The summed E-state index contributed by atoms with van der Waals surface area (Å²) >= 11 is 12.5. The molecule has 0 N–H and O–H groups in total. The van der Waals surface area contributed by atoms with E-state index in [1.807, 2.05) is 6.92 Å². The summed E-state index contributed by atoms with van der Waals surface area (Å²) in [7, 11) is -3.80. The van der Waals surface area contributed by atoms with E-state index in [0.717, 1.165) is 12.1 Å². The number of sulfonamides is 1. The van der Waals surface area contributed by atoms with Gasteiger partial charge in [0.05, 0.1) is 16.8 Å². The molecule has 8 heteroatoms. The summed E-state index contributed by atoms with van der Waals surface area (Å²) in [4.78, 5) is 0.0808. The van der Waals surface area contributed by atoms with Gasteiger partial charge in [-0.2, -0.15) is 4.31 Å². The smallest absolute Gasteiger partial charge is 0.245 e. The Morgan fingerprint density at radius 3 is 2.58 bits per heavy atom. The number of hydrogen-bond acceptors (Lipinski definition) is 4. The fraction of sp³-hybridized carbons (Fsp3) is 0.438. The molecule has 0 amide bonds. The van der Waals surface area contributed by atoms with Crippen LogP contribution in [-0.4, -0.2) is 24.4 Å². The molecule has 1 aromatic heterocycles. The Balaban J connectivity index is 2.11. The number of benzene rings is 1. The van der Waals surface area contributed by atoms with Crippen molar-refractivity contribution < 1.29 is 12.9 Å². The van der Waals surface area contributed by atoms with E-state index in [9.17, 15) is 8.42 Å². The van der Waals surface area contributed by atoms with Crippen LogP contribution in [0.2, 0.25) is 10.0 Å². The molecule has 1 aliphatic heterocycles. The highest BCUT2D eigenvalue weighted by molar-refractivity contribution is 7.89. The molecule has 0 bridgehead atoms. The van der Waals surface area contributed by atoms with Gasteiger partial charge in [-0.15, -0.1) is 0 Å². The molecule has 0 aliphatic carbocycles. The second-order valence-electron chi connectivity index (χ2n) is 6.09. The zero-order chi connectivity index (χ0) is 17.6. The van der Waals surface area contributed by atoms with Crippen molar-refractivity contribution in [3.05, 3.63) is 44.8 Å². The van der Waals surface area contributed by atoms with Gasteiger partial charge in [0.15, 0.2) is 5.76 Å². The number of nitrogens with zero attached hydrogens (tertiary/aromatic N) is 2. The summed E-state index contributed by atoms with van der Waals surface area (Å²) in [5, 5.41) is 4.48. The van der Waals surface area contributed by atoms with Crippen LogP contribution >= 0.6 is 23.2 Å². The number of aryl methyl sites for hydroxylation is 2. The highest BCUT2D eigenvalue weighted by Gasteiger charge is 2.40. The van der Waals surface area contributed by atoms with Gasteiger partial charge in [0.1, 0.15) is 4.90 Å². The summed E-state index contributed by atoms with van der Waals surface area (Å²) in [5.74, 6) is 0.557. The lowest BCUT2D eigenvalue weighted by atomic mass is 10.2. The molecule has 0 spiro atoms. The second-order valence-corrected chi connectivity index (χ2v) is 8.70. The van der Waals surface area contributed by atoms with Crippen LogP contribution in [0.5, 0.6) is 0 Å². The summed E-state index contributed by atoms with van der Waals surface area (Å²) in [6.45, 7) is 5.63. The zero-order valence-corrected chi connectivity index (χ0v) is 16.0. The van der Waals surface area contributed by atoms with E-state index in [-0.39, 0.29) is 16.0 Å². The van der Waals surface area contributed by atoms with E-state index in [0.29, 0.717) is 34.9 Å². The third kappa shape index (κ3) is 2.86. The molecule has 2 heterocycles. The molecular formula is C16H18Cl2N2O3S. The van der Waals surface area contributed by atoms with Crippen LogP contribution in [0.25, 0.3) is 0 Å². The van der Waals surface area contributed by atoms with Gasteiger partial charge in [-0.1, -0.05) is 28.4 Å². The molecule has 2 aromatic rings. The number of aromatic nitrogens is 1. The summed E-state index contributed by atoms with van der Waals surface area (Å²) < 4.78 is 33.3. The fourth-order valence-electron chi connectivity index (χ4n) is 3.09. The maximum atomic E-state index is 13.3. The van der Waals surface area contributed by atoms with E-state index in [4.69, 9.17) is 27.7 Å². The van der Waals surface area contributed by atoms with E-state index in [1.165, 1.54) is 4.31 Å². The van der Waals surface area contributed by atoms with Crippen LogP contribution in [-0.2, 0) is 10.0 Å². The van der Waals surface area contributed by atoms with Crippen molar-refractivity contribution in [2.45, 2.75) is 44.6 Å². The van der Waals surface area contributed by atoms with Crippen LogP contribution < -0.4 is 0 Å². The molecule has 0 unspecified atom stereocenters. The standard InChI is InChI=1S/C16H18Cl2N2O3S/c1-9-7-12(17)11(3)16(15(9)18)24(21,22)20-6-4-5-13(20)14-8-10(2)19-23-14/h7-8,13H,4-6H2,1-3H3/t13-/m1/s1. The molecule has 1 aliphatic rings. The molecule has 0 radical (unpaired) electrons. The largest absolute Gasteiger partial charge is 0.359 e. The topological polar surface area (TPSA) is 63.4 Å². The summed E-state index contributed by atoms with van der Waals surface area (Å²) in [5.41, 5.74) is 1.82. The number of rotatable bonds is 3. The Morgan fingerprint density at radius 2 is 1.96 bits per heavy atom. The molecule has 1 atom stereocenters. The molecule has 3 rings (SSSR count). The van der Waals surface area contributed by atoms with Gasteiger partial charge >= 0.3 is 0 Å². The van der Waals surface area contributed by atoms with Crippen LogP contribution in [0.1, 0.15) is 41.5 Å². The van der Waals surface area contributed by atoms with Gasteiger partial charge in [-0.05, 0) is 50.8 Å². The van der Waals surface area contributed by atoms with Crippen molar-refractivity contribution in [2.75, 3.05) is 6.54 Å². The average molecular weight is 389 g/mol. The Morgan fingerprint density at radius 1 is 1.25 bits per heavy atom. The fourth-order valence-corrected chi connectivity index (χ4v) is 5.93. The van der Waals surface area contributed by atoms with Gasteiger partial charge in [0.25, 0.3) is 0 Å². The summed E-state index contributed by atoms with van der Waals surface area (Å²) in [6.07, 6.45) is 1.43. The Bertz CT molecular complexity index is 867. The van der Waals surface area contributed by atoms with E-state index < -0.39 is 10.0 Å². The molecular weight excluding hydrogens is 371 g/mol. The maximum Gasteiger partial charge on any atom is 0.245 e. The van der Waals surface area contributed by atoms with Gasteiger partial charge in [0.2, 0.25) is 10.0 Å². The molecule has 1 aromatic carbocycles. The van der Waals surface area contributed by atoms with Gasteiger partial charge in [-0.25, -0.2) is 8.42 Å². The van der Waals surface area contributed by atoms with Crippen LogP contribution in [0.3, 0.4) is 0 Å². The average Bonchev–Trinajstić information content (AvgIpc) is 3.13. The lowest BCUT2D eigenvalue weighted by Crippen LogP contribution is -2.31. The molecule has 0 saturated carbocycles. The predicted molar refractivity (Wildman–Crippen MR) is 93.0 cm³/mol. The van der Waals surface area contributed by atoms with Crippen molar-refractivity contribution in [3.8, 4) is 0 Å². The van der Waals surface area contributed by atoms with Crippen LogP contribution in [0.15, 0.2) is 21.6 Å². The maximum absolute atomic E-state index is 13.3. The van der Waals surface area contributed by atoms with Crippen molar-refractivity contribution in [2.24, 2.45) is 0 Å². The van der Waals surface area contributed by atoms with E-state index in [1.54, 1.807) is 26.0 Å². The van der Waals surface area contributed by atoms with Gasteiger partial charge in [-0.3, -0.25) is 0 Å². The lowest BCUT2D eigenvalue weighted by molar-refractivity contribution is 0.297. The molecule has 1 fully saturated rings. The Kier molecular flexibility index (Phi) is 4.68. The number of hydrogen-bond donors (Lipinski definition) is 0. The lowest BCUT2D eigenvalue weighted by Gasteiger charge is -2.24. The summed E-state index contributed by atoms with van der Waals surface area (Å²) in [6, 6.07) is 3.08. The minimum absolute atomic E-state index is 0.0808. The first-order chi connectivity index (χ1) is 11.2. The zero-order valence-electron chi connectivity index (χ0n) is 13.6. The highest BCUT2D eigenvalue weighted by atomic mass is 35.5. The molecule has 24 heavy (non-hydrogen) atoms. The molecule has 1 saturated heterocycles. The SMILES string of the molecule is Cc1cc([C@H]2CCCN2S(=O)(=O)c2c(C)c(Cl)cc(C)c2Cl)on1. The Labute approximate surface area is 151 Å². The first-order valence-electron chi connectivity index (χ1n) is 7.63. The van der Waals surface area contributed by atoms with Crippen molar-refractivity contribution in [1.29, 1.82) is 0 Å². The molecule has 130 valence electrons. The first-order valence-corrected chi connectivity index (χ1v) is 9.83. The second kappa shape index (κ2) is 6.33. The first kappa shape index (κ1) is 17.7. The van der Waals surface area contributed by atoms with Gasteiger partial charge in [0, 0.05) is 17.6 Å².